The van der Waals surface area contributed by atoms with Crippen molar-refractivity contribution < 1.29 is 19.5 Å². The number of hydrogen-bond donors (Lipinski definition) is 3. The number of aliphatic hydroxyl groups is 1. The number of primary amides is 1. The fourth-order valence-corrected chi connectivity index (χ4v) is 4.86. The molecule has 2 aromatic carbocycles. The number of amides is 3. The molecule has 35 heavy (non-hydrogen) atoms. The second kappa shape index (κ2) is 10.4. The van der Waals surface area contributed by atoms with E-state index in [1.54, 1.807) is 41.3 Å². The van der Waals surface area contributed by atoms with Crippen LogP contribution in [-0.4, -0.2) is 46.9 Å². The van der Waals surface area contributed by atoms with Gasteiger partial charge in [-0.15, -0.1) is 0 Å². The maximum atomic E-state index is 13.5. The van der Waals surface area contributed by atoms with E-state index in [0.29, 0.717) is 35.7 Å². The van der Waals surface area contributed by atoms with Crippen molar-refractivity contribution in [2.45, 2.75) is 52.2 Å². The number of nitrogens with zero attached hydrogens (tertiary/aromatic N) is 1. The Balaban J connectivity index is 1.76. The molecule has 188 valence electrons. The highest BCUT2D eigenvalue weighted by molar-refractivity contribution is 6.30. The molecule has 2 atom stereocenters. The van der Waals surface area contributed by atoms with Gasteiger partial charge in [-0.3, -0.25) is 14.4 Å². The molecule has 1 saturated heterocycles. The molecule has 0 bridgehead atoms. The predicted molar refractivity (Wildman–Crippen MR) is 136 cm³/mol. The molecule has 4 N–H and O–H groups in total. The summed E-state index contributed by atoms with van der Waals surface area (Å²) in [4.78, 5) is 39.5. The molecular formula is C27H34ClN3O4. The third kappa shape index (κ3) is 5.85. The Morgan fingerprint density at radius 3 is 2.37 bits per heavy atom. The average Bonchev–Trinajstić information content (AvgIpc) is 2.78. The molecule has 0 spiro atoms. The van der Waals surface area contributed by atoms with Crippen LogP contribution in [0.15, 0.2) is 48.5 Å². The second-order valence-electron chi connectivity index (χ2n) is 10.3. The van der Waals surface area contributed by atoms with E-state index in [0.717, 1.165) is 5.56 Å². The van der Waals surface area contributed by atoms with Crippen LogP contribution in [0.5, 0.6) is 0 Å². The molecule has 0 saturated carbocycles. The van der Waals surface area contributed by atoms with Crippen molar-refractivity contribution in [2.24, 2.45) is 17.1 Å². The van der Waals surface area contributed by atoms with E-state index in [1.807, 2.05) is 39.8 Å². The van der Waals surface area contributed by atoms with Gasteiger partial charge in [0.05, 0.1) is 12.0 Å². The largest absolute Gasteiger partial charge is 0.384 e. The highest BCUT2D eigenvalue weighted by Gasteiger charge is 2.50. The number of benzene rings is 2. The highest BCUT2D eigenvalue weighted by Crippen LogP contribution is 2.46. The van der Waals surface area contributed by atoms with Gasteiger partial charge in [-0.05, 0) is 47.7 Å². The van der Waals surface area contributed by atoms with Crippen LogP contribution < -0.4 is 11.1 Å². The van der Waals surface area contributed by atoms with Gasteiger partial charge in [0.25, 0.3) is 5.91 Å². The number of carbonyl (C=O) groups is 3. The zero-order chi connectivity index (χ0) is 26.0. The molecule has 2 aromatic rings. The summed E-state index contributed by atoms with van der Waals surface area (Å²) in [5, 5.41) is 15.1. The fraction of sp³-hybridized carbons (Fsp3) is 0.444. The van der Waals surface area contributed by atoms with Crippen molar-refractivity contribution in [1.29, 1.82) is 0 Å². The predicted octanol–water partition coefficient (Wildman–Crippen LogP) is 3.27. The van der Waals surface area contributed by atoms with E-state index in [1.165, 1.54) is 0 Å². The SMILES string of the molecule is CC(C)[C@@H](NC(=O)c1cccc(CC(N)=O)c1)C(=O)N1CC[C@](O)(c2ccc(Cl)cc2)C(C)(C)C1. The lowest BCUT2D eigenvalue weighted by Crippen LogP contribution is -2.60. The van der Waals surface area contributed by atoms with Crippen molar-refractivity contribution in [1.82, 2.24) is 10.2 Å². The number of carbonyl (C=O) groups excluding carboxylic acids is 3. The molecule has 1 heterocycles. The minimum Gasteiger partial charge on any atom is -0.384 e. The van der Waals surface area contributed by atoms with Gasteiger partial charge in [0.2, 0.25) is 11.8 Å². The van der Waals surface area contributed by atoms with Crippen molar-refractivity contribution in [3.63, 3.8) is 0 Å². The van der Waals surface area contributed by atoms with E-state index >= 15 is 0 Å². The van der Waals surface area contributed by atoms with E-state index in [-0.39, 0.29) is 18.2 Å². The van der Waals surface area contributed by atoms with Crippen LogP contribution in [0.4, 0.5) is 0 Å². The Morgan fingerprint density at radius 2 is 1.80 bits per heavy atom. The lowest BCUT2D eigenvalue weighted by Gasteiger charge is -2.51. The molecular weight excluding hydrogens is 466 g/mol. The minimum atomic E-state index is -1.12. The first-order valence-electron chi connectivity index (χ1n) is 11.8. The first-order chi connectivity index (χ1) is 16.3. The van der Waals surface area contributed by atoms with Gasteiger partial charge < -0.3 is 21.1 Å². The number of rotatable bonds is 7. The number of nitrogens with one attached hydrogen (secondary N) is 1. The maximum absolute atomic E-state index is 13.5. The van der Waals surface area contributed by atoms with Crippen LogP contribution in [0.2, 0.25) is 5.02 Å². The summed E-state index contributed by atoms with van der Waals surface area (Å²) in [5.74, 6) is -1.21. The van der Waals surface area contributed by atoms with Crippen LogP contribution in [0.1, 0.15) is 55.6 Å². The summed E-state index contributed by atoms with van der Waals surface area (Å²) in [7, 11) is 0. The molecule has 1 aliphatic heterocycles. The quantitative estimate of drug-likeness (QED) is 0.542. The van der Waals surface area contributed by atoms with E-state index in [4.69, 9.17) is 17.3 Å². The van der Waals surface area contributed by atoms with E-state index < -0.39 is 28.9 Å². The molecule has 3 amide bonds. The summed E-state index contributed by atoms with van der Waals surface area (Å²) in [5.41, 5.74) is 5.27. The lowest BCUT2D eigenvalue weighted by atomic mass is 9.66. The second-order valence-corrected chi connectivity index (χ2v) is 10.7. The number of hydrogen-bond acceptors (Lipinski definition) is 4. The molecule has 3 rings (SSSR count). The van der Waals surface area contributed by atoms with Crippen molar-refractivity contribution in [3.8, 4) is 0 Å². The van der Waals surface area contributed by atoms with Gasteiger partial charge in [-0.25, -0.2) is 0 Å². The Bertz CT molecular complexity index is 1100. The summed E-state index contributed by atoms with van der Waals surface area (Å²) < 4.78 is 0. The Labute approximate surface area is 211 Å². The summed E-state index contributed by atoms with van der Waals surface area (Å²) in [6, 6.07) is 13.1. The van der Waals surface area contributed by atoms with Crippen molar-refractivity contribution >= 4 is 29.3 Å². The Morgan fingerprint density at radius 1 is 1.14 bits per heavy atom. The van der Waals surface area contributed by atoms with E-state index in [9.17, 15) is 19.5 Å². The Hall–Kier alpha value is -2.90. The first-order valence-corrected chi connectivity index (χ1v) is 12.2. The monoisotopic (exact) mass is 499 g/mol. The van der Waals surface area contributed by atoms with Gasteiger partial charge in [-0.2, -0.15) is 0 Å². The normalized spacial score (nSPS) is 20.4. The number of halogens is 1. The molecule has 1 aliphatic rings. The molecule has 0 aromatic heterocycles. The number of piperidine rings is 1. The summed E-state index contributed by atoms with van der Waals surface area (Å²) >= 11 is 6.02. The summed E-state index contributed by atoms with van der Waals surface area (Å²) in [6.07, 6.45) is 0.397. The van der Waals surface area contributed by atoms with Crippen LogP contribution in [0.3, 0.4) is 0 Å². The van der Waals surface area contributed by atoms with Crippen LogP contribution >= 0.6 is 11.6 Å². The van der Waals surface area contributed by atoms with Crippen LogP contribution in [0.25, 0.3) is 0 Å². The highest BCUT2D eigenvalue weighted by atomic mass is 35.5. The number of nitrogens with two attached hydrogens (primary N) is 1. The lowest BCUT2D eigenvalue weighted by molar-refractivity contribution is -0.155. The van der Waals surface area contributed by atoms with Crippen LogP contribution in [-0.2, 0) is 21.6 Å². The van der Waals surface area contributed by atoms with Crippen molar-refractivity contribution in [3.05, 3.63) is 70.2 Å². The van der Waals surface area contributed by atoms with Gasteiger partial charge in [0, 0.05) is 29.1 Å². The molecule has 1 fully saturated rings. The first kappa shape index (κ1) is 26.7. The zero-order valence-corrected chi connectivity index (χ0v) is 21.4. The molecule has 8 heteroatoms. The zero-order valence-electron chi connectivity index (χ0n) is 20.7. The molecule has 0 aliphatic carbocycles. The smallest absolute Gasteiger partial charge is 0.251 e. The van der Waals surface area contributed by atoms with Gasteiger partial charge >= 0.3 is 0 Å². The van der Waals surface area contributed by atoms with Crippen molar-refractivity contribution in [2.75, 3.05) is 13.1 Å². The third-order valence-electron chi connectivity index (χ3n) is 6.87. The molecule has 0 radical (unpaired) electrons. The number of likely N-dealkylation sites (tertiary alicyclic amines) is 1. The van der Waals surface area contributed by atoms with E-state index in [2.05, 4.69) is 5.32 Å². The maximum Gasteiger partial charge on any atom is 0.251 e. The topological polar surface area (TPSA) is 113 Å². The standard InChI is InChI=1S/C27H34ClN3O4/c1-17(2)23(30-24(33)19-7-5-6-18(14-19)15-22(29)32)25(34)31-13-12-27(35,26(3,4)16-31)20-8-10-21(28)11-9-20/h5-11,14,17,23,35H,12-13,15-16H2,1-4H3,(H2,29,32)(H,30,33)/t23-,27+/m1/s1. The average molecular weight is 500 g/mol. The van der Waals surface area contributed by atoms with Gasteiger partial charge in [0.15, 0.2) is 0 Å². The minimum absolute atomic E-state index is 0.0348. The molecule has 7 nitrogen and oxygen atoms in total. The fourth-order valence-electron chi connectivity index (χ4n) is 4.73. The molecule has 0 unspecified atom stereocenters. The van der Waals surface area contributed by atoms with Crippen LogP contribution in [0, 0.1) is 11.3 Å². The van der Waals surface area contributed by atoms with Gasteiger partial charge in [0.1, 0.15) is 6.04 Å². The van der Waals surface area contributed by atoms with Gasteiger partial charge in [-0.1, -0.05) is 63.6 Å². The Kier molecular flexibility index (Phi) is 7.92. The third-order valence-corrected chi connectivity index (χ3v) is 7.12. The summed E-state index contributed by atoms with van der Waals surface area (Å²) in [6.45, 7) is 8.33.